The van der Waals surface area contributed by atoms with Crippen molar-refractivity contribution in [1.29, 1.82) is 0 Å². The molecule has 0 aliphatic carbocycles. The first-order valence-electron chi connectivity index (χ1n) is 7.56. The van der Waals surface area contributed by atoms with Gasteiger partial charge in [0.25, 0.3) is 0 Å². The van der Waals surface area contributed by atoms with Crippen molar-refractivity contribution in [3.8, 4) is 0 Å². The van der Waals surface area contributed by atoms with Gasteiger partial charge >= 0.3 is 0 Å². The minimum absolute atomic E-state index is 0.0474. The molecule has 8 nitrogen and oxygen atoms in total. The Labute approximate surface area is 136 Å². The van der Waals surface area contributed by atoms with Gasteiger partial charge in [0.15, 0.2) is 11.8 Å². The molecule has 0 aliphatic rings. The van der Waals surface area contributed by atoms with Crippen LogP contribution in [0.25, 0.3) is 0 Å². The summed E-state index contributed by atoms with van der Waals surface area (Å²) in [5, 5.41) is 14.5. The van der Waals surface area contributed by atoms with Crippen molar-refractivity contribution >= 4 is 5.96 Å². The van der Waals surface area contributed by atoms with Gasteiger partial charge in [0.1, 0.15) is 11.6 Å². The second-order valence-electron chi connectivity index (χ2n) is 6.37. The van der Waals surface area contributed by atoms with E-state index in [4.69, 9.17) is 4.42 Å². The van der Waals surface area contributed by atoms with E-state index in [0.29, 0.717) is 24.9 Å². The molecule has 0 spiro atoms. The van der Waals surface area contributed by atoms with Crippen molar-refractivity contribution in [2.45, 2.75) is 46.2 Å². The molecule has 0 atom stereocenters. The fraction of sp³-hybridized carbons (Fsp3) is 0.600. The van der Waals surface area contributed by atoms with E-state index in [2.05, 4.69) is 51.6 Å². The van der Waals surface area contributed by atoms with Crippen LogP contribution in [0.15, 0.2) is 15.6 Å². The molecule has 126 valence electrons. The van der Waals surface area contributed by atoms with Crippen LogP contribution in [0.1, 0.15) is 44.1 Å². The minimum atomic E-state index is -0.0474. The highest BCUT2D eigenvalue weighted by Crippen LogP contribution is 2.22. The number of aryl methyl sites for hydroxylation is 1. The first-order valence-corrected chi connectivity index (χ1v) is 7.56. The van der Waals surface area contributed by atoms with E-state index in [9.17, 15) is 0 Å². The smallest absolute Gasteiger partial charge is 0.213 e. The number of rotatable bonds is 4. The van der Waals surface area contributed by atoms with Crippen LogP contribution in [0.4, 0.5) is 0 Å². The highest BCUT2D eigenvalue weighted by Gasteiger charge is 2.19. The summed E-state index contributed by atoms with van der Waals surface area (Å²) in [6.07, 6.45) is 1.77. The number of nitrogens with zero attached hydrogens (tertiary/aromatic N) is 5. The monoisotopic (exact) mass is 319 g/mol. The summed E-state index contributed by atoms with van der Waals surface area (Å²) in [6.45, 7) is 9.19. The highest BCUT2D eigenvalue weighted by atomic mass is 16.4. The number of oxazole rings is 1. The molecule has 0 aliphatic heterocycles. The lowest BCUT2D eigenvalue weighted by molar-refractivity contribution is 0.379. The molecular formula is C15H25N7O. The van der Waals surface area contributed by atoms with Crippen LogP contribution in [0.5, 0.6) is 0 Å². The molecule has 2 aromatic heterocycles. The van der Waals surface area contributed by atoms with Crippen LogP contribution in [0.3, 0.4) is 0 Å². The number of hydrogen-bond donors (Lipinski definition) is 2. The third kappa shape index (κ3) is 4.30. The molecule has 2 heterocycles. The largest absolute Gasteiger partial charge is 0.443 e. The molecule has 2 rings (SSSR count). The van der Waals surface area contributed by atoms with Gasteiger partial charge in [-0.2, -0.15) is 0 Å². The molecular weight excluding hydrogens is 294 g/mol. The zero-order chi connectivity index (χ0) is 17.0. The van der Waals surface area contributed by atoms with E-state index in [1.807, 2.05) is 18.5 Å². The Morgan fingerprint density at radius 1 is 1.26 bits per heavy atom. The van der Waals surface area contributed by atoms with Crippen LogP contribution in [-0.4, -0.2) is 32.8 Å². The van der Waals surface area contributed by atoms with Gasteiger partial charge in [-0.1, -0.05) is 20.8 Å². The normalized spacial score (nSPS) is 12.5. The second-order valence-corrected chi connectivity index (χ2v) is 6.37. The summed E-state index contributed by atoms with van der Waals surface area (Å²) in [5.41, 5.74) is -0.0474. The van der Waals surface area contributed by atoms with E-state index in [0.717, 1.165) is 17.4 Å². The van der Waals surface area contributed by atoms with E-state index in [1.54, 1.807) is 13.2 Å². The summed E-state index contributed by atoms with van der Waals surface area (Å²) < 4.78 is 7.68. The Bertz CT molecular complexity index is 678. The Balaban J connectivity index is 1.88. The lowest BCUT2D eigenvalue weighted by Gasteiger charge is -2.13. The van der Waals surface area contributed by atoms with Crippen LogP contribution >= 0.6 is 0 Å². The van der Waals surface area contributed by atoms with Crippen LogP contribution in [-0.2, 0) is 25.6 Å². The van der Waals surface area contributed by atoms with E-state index in [-0.39, 0.29) is 5.41 Å². The van der Waals surface area contributed by atoms with Crippen molar-refractivity contribution in [2.24, 2.45) is 12.0 Å². The zero-order valence-electron chi connectivity index (χ0n) is 14.6. The van der Waals surface area contributed by atoms with Crippen LogP contribution in [0, 0.1) is 6.92 Å². The Morgan fingerprint density at radius 2 is 1.96 bits per heavy atom. The predicted octanol–water partition coefficient (Wildman–Crippen LogP) is 1.27. The highest BCUT2D eigenvalue weighted by molar-refractivity contribution is 5.79. The summed E-state index contributed by atoms with van der Waals surface area (Å²) in [5.74, 6) is 3.87. The molecule has 0 bridgehead atoms. The summed E-state index contributed by atoms with van der Waals surface area (Å²) in [7, 11) is 3.65. The predicted molar refractivity (Wildman–Crippen MR) is 88.0 cm³/mol. The van der Waals surface area contributed by atoms with E-state index < -0.39 is 0 Å². The van der Waals surface area contributed by atoms with Gasteiger partial charge in [-0.25, -0.2) is 4.98 Å². The van der Waals surface area contributed by atoms with Crippen molar-refractivity contribution in [1.82, 2.24) is 30.4 Å². The number of aliphatic imine (C=N–C) groups is 1. The van der Waals surface area contributed by atoms with Gasteiger partial charge in [-0.05, 0) is 6.92 Å². The van der Waals surface area contributed by atoms with Gasteiger partial charge < -0.3 is 19.6 Å². The molecule has 8 heteroatoms. The van der Waals surface area contributed by atoms with E-state index >= 15 is 0 Å². The van der Waals surface area contributed by atoms with Crippen LogP contribution < -0.4 is 10.6 Å². The van der Waals surface area contributed by atoms with Crippen LogP contribution in [0.2, 0.25) is 0 Å². The molecule has 0 fully saturated rings. The summed E-state index contributed by atoms with van der Waals surface area (Å²) >= 11 is 0. The lowest BCUT2D eigenvalue weighted by atomic mass is 9.94. The molecule has 2 aromatic rings. The third-order valence-electron chi connectivity index (χ3n) is 3.52. The fourth-order valence-electron chi connectivity index (χ4n) is 1.89. The molecule has 0 saturated heterocycles. The fourth-order valence-corrected chi connectivity index (χ4v) is 1.89. The second kappa shape index (κ2) is 6.80. The first-order chi connectivity index (χ1) is 10.8. The Kier molecular flexibility index (Phi) is 5.02. The number of hydrogen-bond acceptors (Lipinski definition) is 5. The van der Waals surface area contributed by atoms with Gasteiger partial charge in [-0.15, -0.1) is 10.2 Å². The standard InChI is InChI=1S/C15H25N7O/c1-10-20-21-12(22(10)6)8-18-14(16-5)19-9-13-17-7-11(23-13)15(2,3)4/h7H,8-9H2,1-6H3,(H2,16,18,19). The van der Waals surface area contributed by atoms with Crippen molar-refractivity contribution in [3.05, 3.63) is 29.5 Å². The minimum Gasteiger partial charge on any atom is -0.443 e. The first kappa shape index (κ1) is 17.0. The molecule has 0 radical (unpaired) electrons. The lowest BCUT2D eigenvalue weighted by Crippen LogP contribution is -2.37. The maximum atomic E-state index is 5.75. The van der Waals surface area contributed by atoms with Gasteiger partial charge in [0, 0.05) is 19.5 Å². The Morgan fingerprint density at radius 3 is 2.48 bits per heavy atom. The quantitative estimate of drug-likeness (QED) is 0.651. The van der Waals surface area contributed by atoms with Crippen molar-refractivity contribution in [3.63, 3.8) is 0 Å². The molecule has 2 N–H and O–H groups in total. The van der Waals surface area contributed by atoms with Crippen molar-refractivity contribution in [2.75, 3.05) is 7.05 Å². The topological polar surface area (TPSA) is 93.2 Å². The van der Waals surface area contributed by atoms with Gasteiger partial charge in [0.05, 0.1) is 19.3 Å². The number of guanidine groups is 1. The molecule has 23 heavy (non-hydrogen) atoms. The van der Waals surface area contributed by atoms with Crippen molar-refractivity contribution < 1.29 is 4.42 Å². The maximum absolute atomic E-state index is 5.75. The average molecular weight is 319 g/mol. The number of aromatic nitrogens is 4. The summed E-state index contributed by atoms with van der Waals surface area (Å²) in [6, 6.07) is 0. The van der Waals surface area contributed by atoms with Gasteiger partial charge in [-0.3, -0.25) is 4.99 Å². The summed E-state index contributed by atoms with van der Waals surface area (Å²) in [4.78, 5) is 8.46. The van der Waals surface area contributed by atoms with Gasteiger partial charge in [0.2, 0.25) is 5.89 Å². The molecule has 0 amide bonds. The van der Waals surface area contributed by atoms with E-state index in [1.165, 1.54) is 0 Å². The maximum Gasteiger partial charge on any atom is 0.213 e. The molecule has 0 aromatic carbocycles. The average Bonchev–Trinajstić information content (AvgIpc) is 3.08. The Hall–Kier alpha value is -2.38. The number of nitrogens with one attached hydrogen (secondary N) is 2. The SMILES string of the molecule is CN=C(NCc1ncc(C(C)(C)C)o1)NCc1nnc(C)n1C. The zero-order valence-corrected chi connectivity index (χ0v) is 14.6. The third-order valence-corrected chi connectivity index (χ3v) is 3.52. The molecule has 0 saturated carbocycles. The molecule has 0 unspecified atom stereocenters.